The highest BCUT2D eigenvalue weighted by Crippen LogP contribution is 2.23. The molecule has 0 bridgehead atoms. The van der Waals surface area contributed by atoms with Gasteiger partial charge in [-0.25, -0.2) is 9.37 Å². The number of halogens is 1. The first-order valence-corrected chi connectivity index (χ1v) is 6.21. The molecule has 18 heavy (non-hydrogen) atoms. The normalized spacial score (nSPS) is 12.7. The lowest BCUT2D eigenvalue weighted by Gasteiger charge is -2.15. The van der Waals surface area contributed by atoms with Gasteiger partial charge in [-0.1, -0.05) is 6.92 Å². The van der Waals surface area contributed by atoms with Crippen LogP contribution < -0.4 is 5.73 Å². The SMILES string of the molecule is CCCc1nccn1-c1ccc(F)cc1[C@@H](C)N. The summed E-state index contributed by atoms with van der Waals surface area (Å²) in [7, 11) is 0. The average molecular weight is 247 g/mol. The van der Waals surface area contributed by atoms with Crippen LogP contribution in [0.5, 0.6) is 0 Å². The zero-order valence-corrected chi connectivity index (χ0v) is 10.7. The van der Waals surface area contributed by atoms with Crippen LogP contribution >= 0.6 is 0 Å². The zero-order valence-electron chi connectivity index (χ0n) is 10.7. The molecule has 2 rings (SSSR count). The van der Waals surface area contributed by atoms with Crippen molar-refractivity contribution in [3.05, 3.63) is 47.8 Å². The Balaban J connectivity index is 2.52. The second kappa shape index (κ2) is 5.31. The lowest BCUT2D eigenvalue weighted by atomic mass is 10.1. The van der Waals surface area contributed by atoms with Gasteiger partial charge in [-0.3, -0.25) is 0 Å². The van der Waals surface area contributed by atoms with E-state index in [1.165, 1.54) is 12.1 Å². The Morgan fingerprint density at radius 3 is 2.89 bits per heavy atom. The highest BCUT2D eigenvalue weighted by atomic mass is 19.1. The van der Waals surface area contributed by atoms with Gasteiger partial charge in [0.25, 0.3) is 0 Å². The Morgan fingerprint density at radius 1 is 1.44 bits per heavy atom. The lowest BCUT2D eigenvalue weighted by Crippen LogP contribution is -2.11. The van der Waals surface area contributed by atoms with E-state index < -0.39 is 0 Å². The molecule has 4 heteroatoms. The Bertz CT molecular complexity index is 532. The Morgan fingerprint density at radius 2 is 2.22 bits per heavy atom. The van der Waals surface area contributed by atoms with Crippen LogP contribution in [-0.4, -0.2) is 9.55 Å². The van der Waals surface area contributed by atoms with Gasteiger partial charge in [-0.05, 0) is 37.1 Å². The minimum absolute atomic E-state index is 0.215. The lowest BCUT2D eigenvalue weighted by molar-refractivity contribution is 0.621. The van der Waals surface area contributed by atoms with Crippen molar-refractivity contribution in [1.29, 1.82) is 0 Å². The molecule has 0 aliphatic carbocycles. The van der Waals surface area contributed by atoms with Gasteiger partial charge in [0.1, 0.15) is 11.6 Å². The molecule has 1 heterocycles. The molecular weight excluding hydrogens is 229 g/mol. The van der Waals surface area contributed by atoms with E-state index in [2.05, 4.69) is 11.9 Å². The molecule has 1 aromatic heterocycles. The second-order valence-corrected chi connectivity index (χ2v) is 4.46. The van der Waals surface area contributed by atoms with Crippen molar-refractivity contribution in [3.8, 4) is 5.69 Å². The number of nitrogens with zero attached hydrogens (tertiary/aromatic N) is 2. The summed E-state index contributed by atoms with van der Waals surface area (Å²) in [6.45, 7) is 3.96. The van der Waals surface area contributed by atoms with Crippen LogP contribution in [0.15, 0.2) is 30.6 Å². The number of benzene rings is 1. The van der Waals surface area contributed by atoms with Gasteiger partial charge in [0.2, 0.25) is 0 Å². The number of hydrogen-bond donors (Lipinski definition) is 1. The van der Waals surface area contributed by atoms with Gasteiger partial charge in [0, 0.05) is 24.9 Å². The Hall–Kier alpha value is -1.68. The van der Waals surface area contributed by atoms with Gasteiger partial charge in [0.05, 0.1) is 5.69 Å². The fraction of sp³-hybridized carbons (Fsp3) is 0.357. The smallest absolute Gasteiger partial charge is 0.123 e. The van der Waals surface area contributed by atoms with Crippen LogP contribution in [0.25, 0.3) is 5.69 Å². The van der Waals surface area contributed by atoms with E-state index in [0.29, 0.717) is 0 Å². The number of nitrogens with two attached hydrogens (primary N) is 1. The molecule has 2 aromatic rings. The summed E-state index contributed by atoms with van der Waals surface area (Å²) in [5.41, 5.74) is 7.62. The van der Waals surface area contributed by atoms with E-state index in [4.69, 9.17) is 5.73 Å². The summed E-state index contributed by atoms with van der Waals surface area (Å²) in [4.78, 5) is 4.33. The molecule has 0 unspecified atom stereocenters. The van der Waals surface area contributed by atoms with Gasteiger partial charge in [0.15, 0.2) is 0 Å². The van der Waals surface area contributed by atoms with E-state index in [9.17, 15) is 4.39 Å². The summed E-state index contributed by atoms with van der Waals surface area (Å²) >= 11 is 0. The minimum Gasteiger partial charge on any atom is -0.324 e. The molecular formula is C14H18FN3. The molecule has 0 amide bonds. The third-order valence-electron chi connectivity index (χ3n) is 2.93. The van der Waals surface area contributed by atoms with Crippen molar-refractivity contribution < 1.29 is 4.39 Å². The zero-order chi connectivity index (χ0) is 13.1. The minimum atomic E-state index is -0.261. The van der Waals surface area contributed by atoms with Crippen molar-refractivity contribution in [1.82, 2.24) is 9.55 Å². The van der Waals surface area contributed by atoms with Crippen molar-refractivity contribution in [3.63, 3.8) is 0 Å². The van der Waals surface area contributed by atoms with Crippen LogP contribution in [-0.2, 0) is 6.42 Å². The molecule has 0 radical (unpaired) electrons. The number of imidazole rings is 1. The number of hydrogen-bond acceptors (Lipinski definition) is 2. The first-order valence-electron chi connectivity index (χ1n) is 6.21. The van der Waals surface area contributed by atoms with E-state index in [0.717, 1.165) is 29.9 Å². The van der Waals surface area contributed by atoms with E-state index in [1.54, 1.807) is 12.3 Å². The molecule has 0 saturated carbocycles. The monoisotopic (exact) mass is 247 g/mol. The fourth-order valence-corrected chi connectivity index (χ4v) is 2.07. The van der Waals surface area contributed by atoms with Gasteiger partial charge < -0.3 is 10.3 Å². The van der Waals surface area contributed by atoms with Crippen LogP contribution in [0, 0.1) is 5.82 Å². The van der Waals surface area contributed by atoms with Crippen LogP contribution in [0.1, 0.15) is 37.7 Å². The van der Waals surface area contributed by atoms with Crippen LogP contribution in [0.4, 0.5) is 4.39 Å². The van der Waals surface area contributed by atoms with Crippen molar-refractivity contribution in [2.75, 3.05) is 0 Å². The Kier molecular flexibility index (Phi) is 3.77. The Labute approximate surface area is 106 Å². The second-order valence-electron chi connectivity index (χ2n) is 4.46. The molecule has 0 aliphatic rings. The van der Waals surface area contributed by atoms with Crippen molar-refractivity contribution in [2.45, 2.75) is 32.7 Å². The van der Waals surface area contributed by atoms with Gasteiger partial charge >= 0.3 is 0 Å². The number of aromatic nitrogens is 2. The topological polar surface area (TPSA) is 43.8 Å². The first kappa shape index (κ1) is 12.8. The third-order valence-corrected chi connectivity index (χ3v) is 2.93. The number of aryl methyl sites for hydroxylation is 1. The molecule has 96 valence electrons. The summed E-state index contributed by atoms with van der Waals surface area (Å²) in [6.07, 6.45) is 5.57. The van der Waals surface area contributed by atoms with Crippen molar-refractivity contribution in [2.24, 2.45) is 5.73 Å². The molecule has 0 spiro atoms. The van der Waals surface area contributed by atoms with E-state index >= 15 is 0 Å². The predicted octanol–water partition coefficient (Wildman–Crippen LogP) is 2.98. The maximum Gasteiger partial charge on any atom is 0.123 e. The maximum absolute atomic E-state index is 13.3. The van der Waals surface area contributed by atoms with Gasteiger partial charge in [-0.15, -0.1) is 0 Å². The van der Waals surface area contributed by atoms with E-state index in [1.807, 2.05) is 17.7 Å². The van der Waals surface area contributed by atoms with Crippen LogP contribution in [0.2, 0.25) is 0 Å². The molecule has 0 aliphatic heterocycles. The van der Waals surface area contributed by atoms with E-state index in [-0.39, 0.29) is 11.9 Å². The van der Waals surface area contributed by atoms with Crippen LogP contribution in [0.3, 0.4) is 0 Å². The predicted molar refractivity (Wildman–Crippen MR) is 70.1 cm³/mol. The van der Waals surface area contributed by atoms with Crippen molar-refractivity contribution >= 4 is 0 Å². The summed E-state index contributed by atoms with van der Waals surface area (Å²) in [5.74, 6) is 0.717. The number of rotatable bonds is 4. The molecule has 1 aromatic carbocycles. The molecule has 0 fully saturated rings. The standard InChI is InChI=1S/C14H18FN3/c1-3-4-14-17-7-8-18(14)13-6-5-11(15)9-12(13)10(2)16/h5-10H,3-4,16H2,1-2H3/t10-/m1/s1. The maximum atomic E-state index is 13.3. The first-order chi connectivity index (χ1) is 8.63. The highest BCUT2D eigenvalue weighted by molar-refractivity contribution is 5.44. The summed E-state index contributed by atoms with van der Waals surface area (Å²) < 4.78 is 15.3. The highest BCUT2D eigenvalue weighted by Gasteiger charge is 2.12. The largest absolute Gasteiger partial charge is 0.324 e. The molecule has 2 N–H and O–H groups in total. The average Bonchev–Trinajstić information content (AvgIpc) is 2.77. The fourth-order valence-electron chi connectivity index (χ4n) is 2.07. The van der Waals surface area contributed by atoms with Gasteiger partial charge in [-0.2, -0.15) is 0 Å². The summed E-state index contributed by atoms with van der Waals surface area (Å²) in [6, 6.07) is 4.49. The molecule has 0 saturated heterocycles. The quantitative estimate of drug-likeness (QED) is 0.902. The molecule has 1 atom stereocenters. The summed E-state index contributed by atoms with van der Waals surface area (Å²) in [5, 5.41) is 0. The molecule has 3 nitrogen and oxygen atoms in total. The third kappa shape index (κ3) is 2.43.